The number of anilines is 1. The third-order valence-corrected chi connectivity index (χ3v) is 4.08. The molecule has 0 spiro atoms. The first-order valence-corrected chi connectivity index (χ1v) is 6.96. The van der Waals surface area contributed by atoms with Crippen molar-refractivity contribution in [3.63, 3.8) is 0 Å². The molecule has 104 valence electrons. The second kappa shape index (κ2) is 5.07. The van der Waals surface area contributed by atoms with E-state index in [1.54, 1.807) is 18.5 Å². The number of pyridine rings is 1. The van der Waals surface area contributed by atoms with Gasteiger partial charge in [-0.15, -0.1) is 0 Å². The van der Waals surface area contributed by atoms with E-state index in [-0.39, 0.29) is 10.6 Å². The Morgan fingerprint density at radius 1 is 1.30 bits per heavy atom. The Labute approximate surface area is 117 Å². The fourth-order valence-electron chi connectivity index (χ4n) is 3.03. The van der Waals surface area contributed by atoms with Crippen molar-refractivity contribution in [2.45, 2.75) is 32.2 Å². The Hall–Kier alpha value is -2.17. The highest BCUT2D eigenvalue weighted by atomic mass is 16.6. The average Bonchev–Trinajstić information content (AvgIpc) is 2.46. The van der Waals surface area contributed by atoms with Crippen LogP contribution in [0.4, 0.5) is 11.4 Å². The number of nitro benzene ring substituents is 1. The van der Waals surface area contributed by atoms with Gasteiger partial charge >= 0.3 is 0 Å². The molecule has 2 aromatic rings. The van der Waals surface area contributed by atoms with Crippen LogP contribution < -0.4 is 4.90 Å². The zero-order valence-corrected chi connectivity index (χ0v) is 11.5. The fourth-order valence-corrected chi connectivity index (χ4v) is 3.03. The van der Waals surface area contributed by atoms with E-state index >= 15 is 0 Å². The summed E-state index contributed by atoms with van der Waals surface area (Å²) in [6.07, 6.45) is 6.89. The maximum atomic E-state index is 11.1. The van der Waals surface area contributed by atoms with Crippen LogP contribution in [0.3, 0.4) is 0 Å². The van der Waals surface area contributed by atoms with Gasteiger partial charge in [-0.25, -0.2) is 0 Å². The summed E-state index contributed by atoms with van der Waals surface area (Å²) in [5.74, 6) is 0. The molecule has 1 atom stereocenters. The first kappa shape index (κ1) is 12.8. The lowest BCUT2D eigenvalue weighted by atomic mass is 10.0. The minimum atomic E-state index is -0.340. The zero-order chi connectivity index (χ0) is 14.1. The van der Waals surface area contributed by atoms with Crippen molar-refractivity contribution in [3.05, 3.63) is 40.7 Å². The van der Waals surface area contributed by atoms with Gasteiger partial charge in [-0.2, -0.15) is 0 Å². The SMILES string of the molecule is CC1CCCCN1c1ccc([N+](=O)[O-])c2cnccc12. The molecule has 1 aliphatic rings. The van der Waals surface area contributed by atoms with Gasteiger partial charge in [0, 0.05) is 42.1 Å². The Kier molecular flexibility index (Phi) is 3.26. The van der Waals surface area contributed by atoms with E-state index in [0.717, 1.165) is 17.6 Å². The maximum absolute atomic E-state index is 11.1. The molecule has 0 N–H and O–H groups in total. The minimum Gasteiger partial charge on any atom is -0.368 e. The van der Waals surface area contributed by atoms with Gasteiger partial charge < -0.3 is 4.90 Å². The summed E-state index contributed by atoms with van der Waals surface area (Å²) in [7, 11) is 0. The van der Waals surface area contributed by atoms with Crippen molar-refractivity contribution < 1.29 is 4.92 Å². The van der Waals surface area contributed by atoms with Gasteiger partial charge in [-0.3, -0.25) is 15.1 Å². The molecule has 2 heterocycles. The molecule has 0 aliphatic carbocycles. The number of piperidine rings is 1. The number of fused-ring (bicyclic) bond motifs is 1. The molecule has 0 amide bonds. The van der Waals surface area contributed by atoms with Crippen molar-refractivity contribution in [2.75, 3.05) is 11.4 Å². The largest absolute Gasteiger partial charge is 0.368 e. The number of hydrogen-bond acceptors (Lipinski definition) is 4. The van der Waals surface area contributed by atoms with Crippen molar-refractivity contribution in [3.8, 4) is 0 Å². The highest BCUT2D eigenvalue weighted by Gasteiger charge is 2.22. The van der Waals surface area contributed by atoms with E-state index in [4.69, 9.17) is 0 Å². The second-order valence-electron chi connectivity index (χ2n) is 5.32. The van der Waals surface area contributed by atoms with Crippen LogP contribution >= 0.6 is 0 Å². The number of nitrogens with zero attached hydrogens (tertiary/aromatic N) is 3. The Morgan fingerprint density at radius 2 is 2.15 bits per heavy atom. The molecule has 1 aliphatic heterocycles. The van der Waals surface area contributed by atoms with Crippen molar-refractivity contribution in [2.24, 2.45) is 0 Å². The van der Waals surface area contributed by atoms with E-state index in [1.165, 1.54) is 19.3 Å². The van der Waals surface area contributed by atoms with Crippen LogP contribution in [-0.4, -0.2) is 22.5 Å². The number of nitro groups is 1. The van der Waals surface area contributed by atoms with Crippen LogP contribution in [0.2, 0.25) is 0 Å². The van der Waals surface area contributed by atoms with Crippen LogP contribution in [-0.2, 0) is 0 Å². The monoisotopic (exact) mass is 271 g/mol. The Balaban J connectivity index is 2.17. The molecule has 1 aromatic carbocycles. The lowest BCUT2D eigenvalue weighted by molar-refractivity contribution is -0.383. The van der Waals surface area contributed by atoms with Gasteiger partial charge in [0.2, 0.25) is 0 Å². The van der Waals surface area contributed by atoms with Crippen molar-refractivity contribution in [1.29, 1.82) is 0 Å². The highest BCUT2D eigenvalue weighted by molar-refractivity contribution is 5.99. The minimum absolute atomic E-state index is 0.126. The molecular weight excluding hydrogens is 254 g/mol. The van der Waals surface area contributed by atoms with Gasteiger partial charge in [0.1, 0.15) is 0 Å². The third-order valence-electron chi connectivity index (χ3n) is 4.08. The molecule has 20 heavy (non-hydrogen) atoms. The topological polar surface area (TPSA) is 59.3 Å². The predicted molar refractivity (Wildman–Crippen MR) is 79.1 cm³/mol. The molecule has 1 fully saturated rings. The number of aromatic nitrogens is 1. The van der Waals surface area contributed by atoms with Crippen LogP contribution in [0.15, 0.2) is 30.6 Å². The number of rotatable bonds is 2. The predicted octanol–water partition coefficient (Wildman–Crippen LogP) is 3.52. The summed E-state index contributed by atoms with van der Waals surface area (Å²) in [6, 6.07) is 5.82. The average molecular weight is 271 g/mol. The molecule has 0 radical (unpaired) electrons. The quantitative estimate of drug-likeness (QED) is 0.619. The number of non-ortho nitro benzene ring substituents is 1. The van der Waals surface area contributed by atoms with E-state index in [0.29, 0.717) is 11.4 Å². The van der Waals surface area contributed by atoms with Crippen LogP contribution in [0.25, 0.3) is 10.8 Å². The normalized spacial score (nSPS) is 19.2. The standard InChI is InChI=1S/C15H17N3O2/c1-11-4-2-3-9-17(11)14-5-6-15(18(19)20)13-10-16-8-7-12(13)14/h5-8,10-11H,2-4,9H2,1H3. The molecule has 1 unspecified atom stereocenters. The van der Waals surface area contributed by atoms with E-state index in [9.17, 15) is 10.1 Å². The lowest BCUT2D eigenvalue weighted by Crippen LogP contribution is -2.37. The summed E-state index contributed by atoms with van der Waals surface area (Å²) in [5, 5.41) is 12.7. The lowest BCUT2D eigenvalue weighted by Gasteiger charge is -2.36. The molecule has 5 heteroatoms. The molecule has 0 bridgehead atoms. The summed E-state index contributed by atoms with van der Waals surface area (Å²) >= 11 is 0. The van der Waals surface area contributed by atoms with Gasteiger partial charge in [-0.1, -0.05) is 0 Å². The van der Waals surface area contributed by atoms with Gasteiger partial charge in [0.05, 0.1) is 10.3 Å². The molecule has 1 aromatic heterocycles. The van der Waals surface area contributed by atoms with E-state index < -0.39 is 0 Å². The van der Waals surface area contributed by atoms with E-state index in [2.05, 4.69) is 16.8 Å². The first-order chi connectivity index (χ1) is 9.68. The highest BCUT2D eigenvalue weighted by Crippen LogP contribution is 2.35. The molecule has 3 rings (SSSR count). The zero-order valence-electron chi connectivity index (χ0n) is 11.5. The summed E-state index contributed by atoms with van der Waals surface area (Å²) in [4.78, 5) is 17.2. The maximum Gasteiger partial charge on any atom is 0.278 e. The Bertz CT molecular complexity index is 657. The first-order valence-electron chi connectivity index (χ1n) is 6.96. The smallest absolute Gasteiger partial charge is 0.278 e. The number of benzene rings is 1. The van der Waals surface area contributed by atoms with Gasteiger partial charge in [0.15, 0.2) is 0 Å². The summed E-state index contributed by atoms with van der Waals surface area (Å²) in [6.45, 7) is 3.23. The van der Waals surface area contributed by atoms with Crippen LogP contribution in [0.5, 0.6) is 0 Å². The molecule has 1 saturated heterocycles. The fraction of sp³-hybridized carbons (Fsp3) is 0.400. The van der Waals surface area contributed by atoms with Crippen LogP contribution in [0.1, 0.15) is 26.2 Å². The summed E-state index contributed by atoms with van der Waals surface area (Å²) in [5.41, 5.74) is 1.21. The molecule has 0 saturated carbocycles. The molecular formula is C15H17N3O2. The van der Waals surface area contributed by atoms with Gasteiger partial charge in [0.25, 0.3) is 5.69 Å². The third kappa shape index (κ3) is 2.09. The Morgan fingerprint density at radius 3 is 2.90 bits per heavy atom. The summed E-state index contributed by atoms with van der Waals surface area (Å²) < 4.78 is 0. The second-order valence-corrected chi connectivity index (χ2v) is 5.32. The number of hydrogen-bond donors (Lipinski definition) is 0. The van der Waals surface area contributed by atoms with E-state index in [1.807, 2.05) is 12.1 Å². The van der Waals surface area contributed by atoms with Gasteiger partial charge in [-0.05, 0) is 38.3 Å². The van der Waals surface area contributed by atoms with Crippen molar-refractivity contribution in [1.82, 2.24) is 4.98 Å². The molecule has 5 nitrogen and oxygen atoms in total. The van der Waals surface area contributed by atoms with Crippen LogP contribution in [0, 0.1) is 10.1 Å². The van der Waals surface area contributed by atoms with Crippen molar-refractivity contribution >= 4 is 22.1 Å².